The lowest BCUT2D eigenvalue weighted by atomic mass is 9.87. The lowest BCUT2D eigenvalue weighted by Crippen LogP contribution is -2.32. The molecule has 100 valence electrons. The second-order valence-electron chi connectivity index (χ2n) is 5.44. The quantitative estimate of drug-likeness (QED) is 0.897. The van der Waals surface area contributed by atoms with Crippen molar-refractivity contribution in [2.75, 3.05) is 6.54 Å². The van der Waals surface area contributed by atoms with Crippen LogP contribution in [0.5, 0.6) is 0 Å². The van der Waals surface area contributed by atoms with E-state index in [9.17, 15) is 9.90 Å². The highest BCUT2D eigenvalue weighted by molar-refractivity contribution is 9.10. The Morgan fingerprint density at radius 3 is 2.67 bits per heavy atom. The molecular weight excluding hydrogens is 294 g/mol. The molecule has 0 saturated heterocycles. The monoisotopic (exact) mass is 313 g/mol. The Bertz CT molecular complexity index is 413. The van der Waals surface area contributed by atoms with E-state index in [2.05, 4.69) is 21.2 Å². The Labute approximate surface area is 117 Å². The van der Waals surface area contributed by atoms with Gasteiger partial charge in [0.05, 0.1) is 6.10 Å². The molecule has 1 unspecified atom stereocenters. The summed E-state index contributed by atoms with van der Waals surface area (Å²) in [5.74, 6) is -0.114. The van der Waals surface area contributed by atoms with Gasteiger partial charge in [-0.1, -0.05) is 42.8 Å². The molecule has 0 aliphatic rings. The first kappa shape index (κ1) is 15.2. The van der Waals surface area contributed by atoms with E-state index in [-0.39, 0.29) is 11.3 Å². The van der Waals surface area contributed by atoms with Crippen molar-refractivity contribution < 1.29 is 9.90 Å². The highest BCUT2D eigenvalue weighted by atomic mass is 79.9. The maximum atomic E-state index is 11.8. The van der Waals surface area contributed by atoms with E-state index in [1.54, 1.807) is 12.1 Å². The molecule has 1 rings (SSSR count). The highest BCUT2D eigenvalue weighted by Gasteiger charge is 2.21. The minimum Gasteiger partial charge on any atom is -0.393 e. The molecule has 0 aliphatic heterocycles. The van der Waals surface area contributed by atoms with Gasteiger partial charge in [0.25, 0.3) is 5.91 Å². The number of carbonyl (C=O) groups excluding carboxylic acids is 1. The molecule has 0 spiro atoms. The predicted molar refractivity (Wildman–Crippen MR) is 76.6 cm³/mol. The first-order valence-electron chi connectivity index (χ1n) is 6.02. The normalized spacial score (nSPS) is 13.2. The molecule has 0 fully saturated rings. The smallest absolute Gasteiger partial charge is 0.251 e. The molecular formula is C14H20BrNO2. The van der Waals surface area contributed by atoms with Gasteiger partial charge in [-0.3, -0.25) is 4.79 Å². The molecule has 1 aromatic carbocycles. The van der Waals surface area contributed by atoms with Gasteiger partial charge in [0.15, 0.2) is 0 Å². The first-order valence-corrected chi connectivity index (χ1v) is 6.82. The zero-order chi connectivity index (χ0) is 13.8. The van der Waals surface area contributed by atoms with Gasteiger partial charge < -0.3 is 10.4 Å². The molecule has 0 aromatic heterocycles. The summed E-state index contributed by atoms with van der Waals surface area (Å²) < 4.78 is 0.880. The molecule has 1 atom stereocenters. The van der Waals surface area contributed by atoms with Crippen LogP contribution in [0.4, 0.5) is 0 Å². The molecule has 0 aliphatic carbocycles. The molecule has 0 saturated carbocycles. The van der Waals surface area contributed by atoms with Crippen LogP contribution >= 0.6 is 15.9 Å². The molecule has 3 nitrogen and oxygen atoms in total. The Morgan fingerprint density at radius 2 is 2.11 bits per heavy atom. The number of aliphatic hydroxyl groups excluding tert-OH is 1. The molecule has 4 heteroatoms. The summed E-state index contributed by atoms with van der Waals surface area (Å²) in [5.41, 5.74) is 0.468. The Balaban J connectivity index is 2.43. The number of rotatable bonds is 4. The van der Waals surface area contributed by atoms with Crippen molar-refractivity contribution in [2.45, 2.75) is 33.3 Å². The molecule has 18 heavy (non-hydrogen) atoms. The van der Waals surface area contributed by atoms with Gasteiger partial charge in [-0.2, -0.15) is 0 Å². The SMILES string of the molecule is CC(C)(C)C(O)CCNC(=O)c1cccc(Br)c1. The third-order valence-corrected chi connectivity index (χ3v) is 3.28. The fraction of sp³-hybridized carbons (Fsp3) is 0.500. The van der Waals surface area contributed by atoms with Crippen molar-refractivity contribution in [1.29, 1.82) is 0 Å². The second-order valence-corrected chi connectivity index (χ2v) is 6.35. The molecule has 1 aromatic rings. The summed E-state index contributed by atoms with van der Waals surface area (Å²) in [5, 5.41) is 12.7. The fourth-order valence-corrected chi connectivity index (χ4v) is 1.89. The van der Waals surface area contributed by atoms with E-state index in [0.29, 0.717) is 18.5 Å². The number of amides is 1. The van der Waals surface area contributed by atoms with Gasteiger partial charge in [-0.15, -0.1) is 0 Å². The predicted octanol–water partition coefficient (Wildman–Crippen LogP) is 2.98. The Hall–Kier alpha value is -0.870. The van der Waals surface area contributed by atoms with Crippen LogP contribution in [0, 0.1) is 5.41 Å². The van der Waals surface area contributed by atoms with Gasteiger partial charge in [-0.25, -0.2) is 0 Å². The molecule has 1 amide bonds. The zero-order valence-electron chi connectivity index (χ0n) is 11.0. The van der Waals surface area contributed by atoms with Gasteiger partial charge in [-0.05, 0) is 30.0 Å². The van der Waals surface area contributed by atoms with E-state index in [1.165, 1.54) is 0 Å². The lowest BCUT2D eigenvalue weighted by molar-refractivity contribution is 0.0551. The summed E-state index contributed by atoms with van der Waals surface area (Å²) in [7, 11) is 0. The standard InChI is InChI=1S/C14H20BrNO2/c1-14(2,3)12(17)7-8-16-13(18)10-5-4-6-11(15)9-10/h4-6,9,12,17H,7-8H2,1-3H3,(H,16,18). The largest absolute Gasteiger partial charge is 0.393 e. The minimum absolute atomic E-state index is 0.114. The Kier molecular flexibility index (Phi) is 5.35. The van der Waals surface area contributed by atoms with Gasteiger partial charge >= 0.3 is 0 Å². The lowest BCUT2D eigenvalue weighted by Gasteiger charge is -2.25. The minimum atomic E-state index is -0.416. The fourth-order valence-electron chi connectivity index (χ4n) is 1.49. The van der Waals surface area contributed by atoms with Crippen molar-refractivity contribution in [3.8, 4) is 0 Å². The summed E-state index contributed by atoms with van der Waals surface area (Å²) in [6.07, 6.45) is 0.142. The maximum absolute atomic E-state index is 11.8. The van der Waals surface area contributed by atoms with Gasteiger partial charge in [0, 0.05) is 16.6 Å². The first-order chi connectivity index (χ1) is 8.30. The Morgan fingerprint density at radius 1 is 1.44 bits per heavy atom. The average molecular weight is 314 g/mol. The van der Waals surface area contributed by atoms with Gasteiger partial charge in [0.1, 0.15) is 0 Å². The van der Waals surface area contributed by atoms with E-state index >= 15 is 0 Å². The van der Waals surface area contributed by atoms with Gasteiger partial charge in [0.2, 0.25) is 0 Å². The van der Waals surface area contributed by atoms with Crippen molar-refractivity contribution in [3.63, 3.8) is 0 Å². The van der Waals surface area contributed by atoms with E-state index < -0.39 is 6.10 Å². The van der Waals surface area contributed by atoms with Crippen LogP contribution in [-0.4, -0.2) is 23.7 Å². The van der Waals surface area contributed by atoms with Crippen LogP contribution in [0.1, 0.15) is 37.6 Å². The van der Waals surface area contributed by atoms with E-state index in [1.807, 2.05) is 32.9 Å². The van der Waals surface area contributed by atoms with E-state index in [4.69, 9.17) is 0 Å². The van der Waals surface area contributed by atoms with E-state index in [0.717, 1.165) is 4.47 Å². The van der Waals surface area contributed by atoms with Crippen molar-refractivity contribution in [3.05, 3.63) is 34.3 Å². The third-order valence-electron chi connectivity index (χ3n) is 2.79. The number of hydrogen-bond acceptors (Lipinski definition) is 2. The number of benzene rings is 1. The van der Waals surface area contributed by atoms with Crippen molar-refractivity contribution in [1.82, 2.24) is 5.32 Å². The van der Waals surface area contributed by atoms with Crippen LogP contribution in [0.15, 0.2) is 28.7 Å². The topological polar surface area (TPSA) is 49.3 Å². The van der Waals surface area contributed by atoms with Crippen LogP contribution in [0.3, 0.4) is 0 Å². The van der Waals surface area contributed by atoms with Crippen molar-refractivity contribution >= 4 is 21.8 Å². The third kappa shape index (κ3) is 4.78. The average Bonchev–Trinajstić information content (AvgIpc) is 2.27. The van der Waals surface area contributed by atoms with Crippen LogP contribution < -0.4 is 5.32 Å². The summed E-state index contributed by atoms with van der Waals surface area (Å²) >= 11 is 3.33. The summed E-state index contributed by atoms with van der Waals surface area (Å²) in [6, 6.07) is 7.24. The zero-order valence-corrected chi connectivity index (χ0v) is 12.6. The number of carbonyl (C=O) groups is 1. The van der Waals surface area contributed by atoms with Crippen LogP contribution in [0.25, 0.3) is 0 Å². The molecule has 0 radical (unpaired) electrons. The highest BCUT2D eigenvalue weighted by Crippen LogP contribution is 2.21. The van der Waals surface area contributed by atoms with Crippen LogP contribution in [0.2, 0.25) is 0 Å². The number of nitrogens with one attached hydrogen (secondary N) is 1. The number of aliphatic hydroxyl groups is 1. The second kappa shape index (κ2) is 6.34. The number of halogens is 1. The summed E-state index contributed by atoms with van der Waals surface area (Å²) in [4.78, 5) is 11.8. The van der Waals surface area contributed by atoms with Crippen LogP contribution in [-0.2, 0) is 0 Å². The molecule has 0 bridgehead atoms. The number of hydrogen-bond donors (Lipinski definition) is 2. The molecule has 2 N–H and O–H groups in total. The summed E-state index contributed by atoms with van der Waals surface area (Å²) in [6.45, 7) is 6.42. The molecule has 0 heterocycles. The van der Waals surface area contributed by atoms with Crippen molar-refractivity contribution in [2.24, 2.45) is 5.41 Å². The maximum Gasteiger partial charge on any atom is 0.251 e.